The van der Waals surface area contributed by atoms with E-state index >= 15 is 0 Å². The first-order chi connectivity index (χ1) is 23.2. The van der Waals surface area contributed by atoms with Crippen LogP contribution in [0.25, 0.3) is 0 Å². The van der Waals surface area contributed by atoms with Crippen LogP contribution in [0, 0.1) is 0 Å². The monoisotopic (exact) mass is 749 g/mol. The lowest BCUT2D eigenvalue weighted by Gasteiger charge is -2.27. The summed E-state index contributed by atoms with van der Waals surface area (Å²) in [4.78, 5) is 118. The first-order valence-electron chi connectivity index (χ1n) is 14.5. The summed E-state index contributed by atoms with van der Waals surface area (Å²) < 4.78 is 0. The molecule has 4 aliphatic rings. The number of nitrogens with zero attached hydrogens (tertiary/aromatic N) is 2. The largest absolute Gasteiger partial charge is 0.399 e. The van der Waals surface area contributed by atoms with Gasteiger partial charge in [-0.1, -0.05) is 13.5 Å². The third kappa shape index (κ3) is 8.41. The maximum Gasteiger partial charge on any atom is 0.262 e. The van der Waals surface area contributed by atoms with E-state index < -0.39 is 64.6 Å². The van der Waals surface area contributed by atoms with E-state index in [1.165, 1.54) is 30.3 Å². The molecule has 2 saturated heterocycles. The van der Waals surface area contributed by atoms with E-state index in [1.807, 2.05) is 0 Å². The van der Waals surface area contributed by atoms with Crippen LogP contribution in [0.3, 0.4) is 0 Å². The highest BCUT2D eigenvalue weighted by molar-refractivity contribution is 6.67. The highest BCUT2D eigenvalue weighted by Crippen LogP contribution is 2.30. The van der Waals surface area contributed by atoms with Gasteiger partial charge in [-0.05, 0) is 60.3 Å². The van der Waals surface area contributed by atoms with Crippen LogP contribution in [0.5, 0.6) is 0 Å². The Morgan fingerprint density at radius 3 is 1.52 bits per heavy atom. The third-order valence-electron chi connectivity index (χ3n) is 7.62. The lowest BCUT2D eigenvalue weighted by Crippen LogP contribution is -2.54. The fourth-order valence-corrected chi connectivity index (χ4v) is 5.49. The molecule has 0 bridgehead atoms. The standard InChI is InChI=1S/C16H13ClN2O5.C13H11N3O4.C2H2Cl2O.CH4/c17-7-9(20)5-8-1-2-10-11(6-8)16(24)19(15(10)23)12-3-4-13(21)18-14(12)22;14-6-1-2-7-8(5-6)13(20)16(12(7)19)9-3-4-10(17)15-11(9)18;3-1-2(4)5;/h1-2,6,12H,3-5,7H2,(H,18,21,22);1-2,5,9H,3-4,14H2,(H,15,17,18);1H2;1H4. The van der Waals surface area contributed by atoms with Crippen LogP contribution in [0.1, 0.15) is 80.1 Å². The molecule has 6 rings (SSSR count). The van der Waals surface area contributed by atoms with Gasteiger partial charge in [-0.3, -0.25) is 68.4 Å². The second kappa shape index (κ2) is 16.6. The molecule has 0 aromatic heterocycles. The molecule has 264 valence electrons. The van der Waals surface area contributed by atoms with E-state index in [4.69, 9.17) is 40.5 Å². The van der Waals surface area contributed by atoms with Gasteiger partial charge in [0.05, 0.1) is 34.0 Å². The normalized spacial score (nSPS) is 19.3. The van der Waals surface area contributed by atoms with Crippen molar-refractivity contribution in [2.24, 2.45) is 0 Å². The Bertz CT molecular complexity index is 1830. The number of nitrogens with two attached hydrogens (primary N) is 1. The van der Waals surface area contributed by atoms with Gasteiger partial charge in [0.25, 0.3) is 23.6 Å². The maximum absolute atomic E-state index is 12.6. The highest BCUT2D eigenvalue weighted by Gasteiger charge is 2.46. The zero-order valence-electron chi connectivity index (χ0n) is 25.3. The number of nitrogens with one attached hydrogen (secondary N) is 2. The molecule has 4 heterocycles. The van der Waals surface area contributed by atoms with Gasteiger partial charge in [-0.25, -0.2) is 0 Å². The minimum Gasteiger partial charge on any atom is -0.399 e. The summed E-state index contributed by atoms with van der Waals surface area (Å²) in [5.74, 6) is -4.76. The summed E-state index contributed by atoms with van der Waals surface area (Å²) in [6.45, 7) is 0. The Morgan fingerprint density at radius 1 is 0.680 bits per heavy atom. The summed E-state index contributed by atoms with van der Waals surface area (Å²) >= 11 is 15.0. The van der Waals surface area contributed by atoms with Crippen molar-refractivity contribution in [1.82, 2.24) is 20.4 Å². The van der Waals surface area contributed by atoms with Crippen molar-refractivity contribution in [3.63, 3.8) is 0 Å². The summed E-state index contributed by atoms with van der Waals surface area (Å²) in [5, 5.41) is 3.77. The van der Waals surface area contributed by atoms with E-state index in [0.717, 1.165) is 9.80 Å². The molecule has 0 spiro atoms. The number of piperidine rings is 2. The van der Waals surface area contributed by atoms with Gasteiger partial charge < -0.3 is 5.73 Å². The first-order valence-corrected chi connectivity index (χ1v) is 15.9. The summed E-state index contributed by atoms with van der Waals surface area (Å²) in [5.41, 5.74) is 7.32. The number of imide groups is 4. The molecule has 2 atom stereocenters. The van der Waals surface area contributed by atoms with Crippen LogP contribution in [0.15, 0.2) is 36.4 Å². The first kappa shape index (κ1) is 39.4. The number of anilines is 1. The highest BCUT2D eigenvalue weighted by atomic mass is 35.5. The lowest BCUT2D eigenvalue weighted by molar-refractivity contribution is -0.137. The molecular formula is C32H30Cl3N5O10. The molecule has 8 amide bonds. The van der Waals surface area contributed by atoms with E-state index in [1.54, 1.807) is 6.07 Å². The average Bonchev–Trinajstić information content (AvgIpc) is 3.45. The second-order valence-electron chi connectivity index (χ2n) is 10.9. The molecule has 0 radical (unpaired) electrons. The molecule has 4 aliphatic heterocycles. The van der Waals surface area contributed by atoms with Crippen molar-refractivity contribution in [1.29, 1.82) is 0 Å². The topological polar surface area (TPSA) is 227 Å². The Balaban J connectivity index is 0.000000237. The Hall–Kier alpha value is -4.99. The number of halogens is 3. The number of carbonyl (C=O) groups excluding carboxylic acids is 10. The van der Waals surface area contributed by atoms with Crippen molar-refractivity contribution in [2.75, 3.05) is 17.5 Å². The summed E-state index contributed by atoms with van der Waals surface area (Å²) in [7, 11) is 0. The van der Waals surface area contributed by atoms with Gasteiger partial charge in [-0.2, -0.15) is 0 Å². The number of rotatable bonds is 6. The van der Waals surface area contributed by atoms with Crippen molar-refractivity contribution in [2.45, 2.75) is 51.6 Å². The molecule has 4 N–H and O–H groups in total. The number of hydrogen-bond acceptors (Lipinski definition) is 11. The zero-order chi connectivity index (χ0) is 36.2. The van der Waals surface area contributed by atoms with Gasteiger partial charge >= 0.3 is 0 Å². The van der Waals surface area contributed by atoms with Gasteiger partial charge in [-0.15, -0.1) is 23.2 Å². The van der Waals surface area contributed by atoms with Gasteiger partial charge in [0.15, 0.2) is 5.78 Å². The van der Waals surface area contributed by atoms with Crippen LogP contribution >= 0.6 is 34.8 Å². The Labute approximate surface area is 299 Å². The van der Waals surface area contributed by atoms with Crippen molar-refractivity contribution >= 4 is 98.8 Å². The fourth-order valence-electron chi connectivity index (χ4n) is 5.39. The molecular weight excluding hydrogens is 721 g/mol. The number of benzene rings is 2. The number of hydrogen-bond donors (Lipinski definition) is 3. The van der Waals surface area contributed by atoms with E-state index in [9.17, 15) is 47.9 Å². The second-order valence-corrected chi connectivity index (χ2v) is 11.9. The van der Waals surface area contributed by atoms with Gasteiger partial charge in [0, 0.05) is 24.9 Å². The third-order valence-corrected chi connectivity index (χ3v) is 8.43. The van der Waals surface area contributed by atoms with E-state index in [-0.39, 0.29) is 79.3 Å². The quantitative estimate of drug-likeness (QED) is 0.167. The predicted molar refractivity (Wildman–Crippen MR) is 178 cm³/mol. The predicted octanol–water partition coefficient (Wildman–Crippen LogP) is 1.73. The number of amides is 8. The van der Waals surface area contributed by atoms with E-state index in [0.29, 0.717) is 11.3 Å². The molecule has 15 nitrogen and oxygen atoms in total. The van der Waals surface area contributed by atoms with Gasteiger partial charge in [0.1, 0.15) is 12.1 Å². The van der Waals surface area contributed by atoms with Gasteiger partial charge in [0.2, 0.25) is 28.9 Å². The number of nitrogen functional groups attached to an aromatic ring is 1. The van der Waals surface area contributed by atoms with Crippen molar-refractivity contribution in [3.05, 3.63) is 64.2 Å². The average molecular weight is 751 g/mol. The number of alkyl halides is 2. The number of Topliss-reactive ketones (excluding diaryl/α,β-unsaturated/α-hetero) is 1. The Morgan fingerprint density at radius 2 is 1.10 bits per heavy atom. The van der Waals surface area contributed by atoms with E-state index in [2.05, 4.69) is 10.6 Å². The van der Waals surface area contributed by atoms with Crippen LogP contribution in [0.4, 0.5) is 5.69 Å². The molecule has 2 aromatic rings. The minimum atomic E-state index is -0.997. The molecule has 2 aromatic carbocycles. The van der Waals surface area contributed by atoms with Crippen molar-refractivity contribution in [3.8, 4) is 0 Å². The van der Waals surface area contributed by atoms with Crippen LogP contribution in [-0.4, -0.2) is 91.9 Å². The minimum absolute atomic E-state index is 0. The van der Waals surface area contributed by atoms with Crippen LogP contribution < -0.4 is 16.4 Å². The smallest absolute Gasteiger partial charge is 0.262 e. The molecule has 50 heavy (non-hydrogen) atoms. The lowest BCUT2D eigenvalue weighted by atomic mass is 10.0. The number of ketones is 1. The number of fused-ring (bicyclic) bond motifs is 2. The molecule has 0 aliphatic carbocycles. The maximum atomic E-state index is 12.6. The molecule has 18 heteroatoms. The molecule has 2 unspecified atom stereocenters. The van der Waals surface area contributed by atoms with Crippen LogP contribution in [-0.2, 0) is 35.2 Å². The zero-order valence-corrected chi connectivity index (χ0v) is 27.5. The fraction of sp³-hybridized carbons (Fsp3) is 0.312. The SMILES string of the molecule is C.Nc1ccc2c(c1)C(=O)N(C1CCC(=O)NC1=O)C2=O.O=C(CCl)Cc1ccc2c(c1)C(=O)N(C1CCC(=O)NC1=O)C2=O.O=C(Cl)CCl. The summed E-state index contributed by atoms with van der Waals surface area (Å²) in [6.07, 6.45) is 0.487. The summed E-state index contributed by atoms with van der Waals surface area (Å²) in [6, 6.07) is 7.01. The number of carbonyl (C=O) groups is 10. The van der Waals surface area contributed by atoms with Crippen molar-refractivity contribution < 1.29 is 47.9 Å². The van der Waals surface area contributed by atoms with Crippen LogP contribution in [0.2, 0.25) is 0 Å². The Kier molecular flexibility index (Phi) is 13.1. The molecule has 2 fully saturated rings. The molecule has 0 saturated carbocycles.